The Morgan fingerprint density at radius 3 is 2.96 bits per heavy atom. The molecule has 2 N–H and O–H groups in total. The minimum absolute atomic E-state index is 0.0457. The van der Waals surface area contributed by atoms with Gasteiger partial charge in [-0.1, -0.05) is 23.1 Å². The lowest BCUT2D eigenvalue weighted by molar-refractivity contribution is 0.518. The van der Waals surface area contributed by atoms with E-state index in [0.717, 1.165) is 30.5 Å². The highest BCUT2D eigenvalue weighted by Gasteiger charge is 2.18. The maximum absolute atomic E-state index is 12.4. The number of nitrogens with one attached hydrogen (secondary N) is 2. The molecule has 0 fully saturated rings. The third kappa shape index (κ3) is 3.78. The van der Waals surface area contributed by atoms with Gasteiger partial charge in [0.05, 0.1) is 23.4 Å². The first kappa shape index (κ1) is 18.2. The molecule has 0 radical (unpaired) electrons. The van der Waals surface area contributed by atoms with E-state index in [0.29, 0.717) is 17.8 Å². The van der Waals surface area contributed by atoms with Gasteiger partial charge in [-0.2, -0.15) is 0 Å². The number of aryl methyl sites for hydroxylation is 2. The summed E-state index contributed by atoms with van der Waals surface area (Å²) in [5.41, 5.74) is 0.925. The van der Waals surface area contributed by atoms with E-state index >= 15 is 0 Å². The number of furan rings is 1. The maximum Gasteiger partial charge on any atom is 0.259 e. The van der Waals surface area contributed by atoms with Crippen LogP contribution in [0.15, 0.2) is 31.9 Å². The molecule has 0 aliphatic carbocycles. The van der Waals surface area contributed by atoms with Crippen molar-refractivity contribution in [3.8, 4) is 0 Å². The first-order chi connectivity index (χ1) is 13.0. The summed E-state index contributed by atoms with van der Waals surface area (Å²) in [6, 6.07) is 3.75. The molecular formula is C17H17N5O2S3. The van der Waals surface area contributed by atoms with Crippen LogP contribution in [0.4, 0.5) is 5.13 Å². The van der Waals surface area contributed by atoms with Crippen LogP contribution < -0.4 is 10.9 Å². The number of aromatic nitrogens is 4. The highest BCUT2D eigenvalue weighted by atomic mass is 32.2. The third-order valence-electron chi connectivity index (χ3n) is 4.12. The molecular weight excluding hydrogens is 402 g/mol. The molecule has 4 aromatic heterocycles. The second kappa shape index (κ2) is 7.45. The molecule has 4 heterocycles. The number of H-pyrrole nitrogens is 1. The number of thiophene rings is 1. The van der Waals surface area contributed by atoms with E-state index in [2.05, 4.69) is 25.5 Å². The third-order valence-corrected chi connectivity index (χ3v) is 7.30. The van der Waals surface area contributed by atoms with Gasteiger partial charge in [0, 0.05) is 4.88 Å². The monoisotopic (exact) mass is 419 g/mol. The van der Waals surface area contributed by atoms with Crippen LogP contribution in [0.25, 0.3) is 10.2 Å². The largest absolute Gasteiger partial charge is 0.467 e. The lowest BCUT2D eigenvalue weighted by Crippen LogP contribution is -2.12. The summed E-state index contributed by atoms with van der Waals surface area (Å²) in [5.74, 6) is 1.49. The van der Waals surface area contributed by atoms with Gasteiger partial charge in [0.2, 0.25) is 5.13 Å². The van der Waals surface area contributed by atoms with E-state index in [4.69, 9.17) is 4.42 Å². The van der Waals surface area contributed by atoms with E-state index in [-0.39, 0.29) is 10.8 Å². The minimum Gasteiger partial charge on any atom is -0.467 e. The standard InChI is InChI=1S/C17H17N5O2S3/c1-8-9(2)25-15-12(8)14(23)19-13(20-15)10(3)26-17-22-21-16(27-17)18-7-11-5-4-6-24-11/h4-6,10H,7H2,1-3H3,(H,18,21)(H,19,20,23). The molecule has 0 aromatic carbocycles. The summed E-state index contributed by atoms with van der Waals surface area (Å²) in [5, 5.41) is 12.9. The highest BCUT2D eigenvalue weighted by Crippen LogP contribution is 2.37. The minimum atomic E-state index is -0.0811. The Bertz CT molecular complexity index is 1130. The first-order valence-electron chi connectivity index (χ1n) is 8.27. The Labute approximate surface area is 167 Å². The first-order valence-corrected chi connectivity index (χ1v) is 10.8. The van der Waals surface area contributed by atoms with Crippen LogP contribution in [0, 0.1) is 13.8 Å². The van der Waals surface area contributed by atoms with Crippen molar-refractivity contribution in [1.82, 2.24) is 20.2 Å². The summed E-state index contributed by atoms with van der Waals surface area (Å²) >= 11 is 4.54. The molecule has 10 heteroatoms. The SMILES string of the molecule is Cc1sc2nc(C(C)Sc3nnc(NCc4ccco4)s3)[nH]c(=O)c2c1C. The Kier molecular flexibility index (Phi) is 5.02. The van der Waals surface area contributed by atoms with E-state index in [9.17, 15) is 4.79 Å². The molecule has 0 bridgehead atoms. The van der Waals surface area contributed by atoms with Gasteiger partial charge in [0.25, 0.3) is 5.56 Å². The van der Waals surface area contributed by atoms with Crippen molar-refractivity contribution in [2.45, 2.75) is 36.9 Å². The average Bonchev–Trinajstić information content (AvgIpc) is 3.35. The van der Waals surface area contributed by atoms with Gasteiger partial charge in [-0.25, -0.2) is 4.98 Å². The quantitative estimate of drug-likeness (QED) is 0.444. The predicted octanol–water partition coefficient (Wildman–Crippen LogP) is 4.51. The molecule has 0 aliphatic heterocycles. The van der Waals surface area contributed by atoms with Crippen LogP contribution in [0.2, 0.25) is 0 Å². The van der Waals surface area contributed by atoms with Crippen molar-refractivity contribution in [1.29, 1.82) is 0 Å². The van der Waals surface area contributed by atoms with Gasteiger partial charge in [-0.05, 0) is 38.5 Å². The zero-order chi connectivity index (χ0) is 19.0. The Morgan fingerprint density at radius 1 is 1.33 bits per heavy atom. The topological polar surface area (TPSA) is 96.7 Å². The number of nitrogens with zero attached hydrogens (tertiary/aromatic N) is 3. The van der Waals surface area contributed by atoms with Crippen molar-refractivity contribution < 1.29 is 4.42 Å². The molecule has 1 unspecified atom stereocenters. The van der Waals surface area contributed by atoms with Gasteiger partial charge < -0.3 is 14.7 Å². The lowest BCUT2D eigenvalue weighted by Gasteiger charge is -2.07. The molecule has 4 rings (SSSR count). The summed E-state index contributed by atoms with van der Waals surface area (Å²) < 4.78 is 6.10. The van der Waals surface area contributed by atoms with Gasteiger partial charge in [0.1, 0.15) is 16.4 Å². The Hall–Kier alpha value is -2.17. The highest BCUT2D eigenvalue weighted by molar-refractivity contribution is 8.01. The predicted molar refractivity (Wildman–Crippen MR) is 110 cm³/mol. The number of anilines is 1. The van der Waals surface area contributed by atoms with E-state index in [1.807, 2.05) is 32.9 Å². The summed E-state index contributed by atoms with van der Waals surface area (Å²) in [6.07, 6.45) is 1.64. The molecule has 0 saturated heterocycles. The number of rotatable bonds is 6. The number of hydrogen-bond acceptors (Lipinski definition) is 9. The second-order valence-electron chi connectivity index (χ2n) is 5.98. The van der Waals surface area contributed by atoms with E-state index < -0.39 is 0 Å². The molecule has 0 aliphatic rings. The van der Waals surface area contributed by atoms with Crippen LogP contribution >= 0.6 is 34.4 Å². The molecule has 4 aromatic rings. The Balaban J connectivity index is 1.48. The second-order valence-corrected chi connectivity index (χ2v) is 9.75. The van der Waals surface area contributed by atoms with Gasteiger partial charge >= 0.3 is 0 Å². The molecule has 0 saturated carbocycles. The van der Waals surface area contributed by atoms with E-state index in [1.165, 1.54) is 23.1 Å². The summed E-state index contributed by atoms with van der Waals surface area (Å²) in [7, 11) is 0. The van der Waals surface area contributed by atoms with Gasteiger partial charge in [-0.3, -0.25) is 4.79 Å². The molecule has 0 spiro atoms. The number of thioether (sulfide) groups is 1. The van der Waals surface area contributed by atoms with Crippen LogP contribution in [-0.2, 0) is 6.54 Å². The van der Waals surface area contributed by atoms with Crippen molar-refractivity contribution in [3.05, 3.63) is 50.8 Å². The van der Waals surface area contributed by atoms with Crippen LogP contribution in [-0.4, -0.2) is 20.2 Å². The smallest absolute Gasteiger partial charge is 0.259 e. The summed E-state index contributed by atoms with van der Waals surface area (Å²) in [4.78, 5) is 21.9. The van der Waals surface area contributed by atoms with Crippen molar-refractivity contribution >= 4 is 49.8 Å². The Morgan fingerprint density at radius 2 is 2.19 bits per heavy atom. The van der Waals surface area contributed by atoms with Crippen LogP contribution in [0.1, 0.15) is 34.2 Å². The number of hydrogen-bond donors (Lipinski definition) is 2. The summed E-state index contributed by atoms with van der Waals surface area (Å²) in [6.45, 7) is 6.53. The molecule has 0 amide bonds. The van der Waals surface area contributed by atoms with Gasteiger partial charge in [0.15, 0.2) is 4.34 Å². The zero-order valence-corrected chi connectivity index (χ0v) is 17.3. The van der Waals surface area contributed by atoms with Crippen LogP contribution in [0.5, 0.6) is 0 Å². The zero-order valence-electron chi connectivity index (χ0n) is 14.9. The average molecular weight is 420 g/mol. The fraction of sp³-hybridized carbons (Fsp3) is 0.294. The fourth-order valence-electron chi connectivity index (χ4n) is 2.58. The molecule has 7 nitrogen and oxygen atoms in total. The van der Waals surface area contributed by atoms with Crippen molar-refractivity contribution in [3.63, 3.8) is 0 Å². The number of fused-ring (bicyclic) bond motifs is 1. The normalized spacial score (nSPS) is 12.6. The fourth-order valence-corrected chi connectivity index (χ4v) is 5.56. The lowest BCUT2D eigenvalue weighted by atomic mass is 10.2. The van der Waals surface area contributed by atoms with Gasteiger partial charge in [-0.15, -0.1) is 21.5 Å². The molecule has 27 heavy (non-hydrogen) atoms. The number of aromatic amines is 1. The van der Waals surface area contributed by atoms with Crippen LogP contribution in [0.3, 0.4) is 0 Å². The maximum atomic E-state index is 12.4. The molecule has 140 valence electrons. The van der Waals surface area contributed by atoms with Crippen molar-refractivity contribution in [2.75, 3.05) is 5.32 Å². The van der Waals surface area contributed by atoms with E-state index in [1.54, 1.807) is 17.6 Å². The molecule has 1 atom stereocenters. The van der Waals surface area contributed by atoms with Crippen molar-refractivity contribution in [2.24, 2.45) is 0 Å².